The predicted octanol–water partition coefficient (Wildman–Crippen LogP) is 0.685. The number of benzene rings is 2. The molecule has 0 amide bonds. The second-order valence-electron chi connectivity index (χ2n) is 7.32. The average Bonchev–Trinajstić information content (AvgIpc) is 2.75. The van der Waals surface area contributed by atoms with Crippen LogP contribution in [0.15, 0.2) is 48.5 Å². The Labute approximate surface area is 168 Å². The highest BCUT2D eigenvalue weighted by Gasteiger charge is 2.13. The van der Waals surface area contributed by atoms with E-state index in [0.717, 1.165) is 57.3 Å². The Balaban J connectivity index is 1.38. The Morgan fingerprint density at radius 2 is 1.82 bits per heavy atom. The van der Waals surface area contributed by atoms with Crippen LogP contribution in [0.5, 0.6) is 11.5 Å². The summed E-state index contributed by atoms with van der Waals surface area (Å²) in [6.07, 6.45) is 2.14. The van der Waals surface area contributed by atoms with Gasteiger partial charge in [-0.15, -0.1) is 0 Å². The van der Waals surface area contributed by atoms with E-state index in [1.165, 1.54) is 24.1 Å². The van der Waals surface area contributed by atoms with Gasteiger partial charge >= 0.3 is 0 Å². The molecule has 28 heavy (non-hydrogen) atoms. The number of morpholine rings is 1. The molecule has 5 nitrogen and oxygen atoms in total. The van der Waals surface area contributed by atoms with Gasteiger partial charge in [-0.1, -0.05) is 30.3 Å². The number of methoxy groups -OCH3 is 1. The zero-order valence-electron chi connectivity index (χ0n) is 17.0. The molecule has 1 aliphatic rings. The number of quaternary nitrogens is 2. The lowest BCUT2D eigenvalue weighted by atomic mass is 10.1. The Bertz CT molecular complexity index is 688. The van der Waals surface area contributed by atoms with Gasteiger partial charge in [-0.25, -0.2) is 0 Å². The van der Waals surface area contributed by atoms with Gasteiger partial charge in [-0.05, 0) is 23.8 Å². The van der Waals surface area contributed by atoms with E-state index >= 15 is 0 Å². The minimum atomic E-state index is 0.649. The SMILES string of the molecule is COc1cc(C[NH2+]CCC[NH+]2CCOCC2)ccc1OCCc1ccccc1. The molecule has 0 radical (unpaired) electrons. The van der Waals surface area contributed by atoms with Crippen LogP contribution in [0.1, 0.15) is 17.5 Å². The number of nitrogens with two attached hydrogens (primary N) is 1. The van der Waals surface area contributed by atoms with Crippen LogP contribution in [0, 0.1) is 0 Å². The Hall–Kier alpha value is -2.08. The van der Waals surface area contributed by atoms with Gasteiger partial charge in [0.25, 0.3) is 0 Å². The molecular formula is C23H34N2O3+2. The molecule has 0 saturated carbocycles. The fourth-order valence-corrected chi connectivity index (χ4v) is 3.56. The lowest BCUT2D eigenvalue weighted by Crippen LogP contribution is -3.14. The molecule has 3 rings (SSSR count). The third kappa shape index (κ3) is 6.82. The maximum Gasteiger partial charge on any atom is 0.161 e. The monoisotopic (exact) mass is 386 g/mol. The number of nitrogens with one attached hydrogen (secondary N) is 1. The topological polar surface area (TPSA) is 48.7 Å². The maximum atomic E-state index is 5.95. The van der Waals surface area contributed by atoms with Gasteiger partial charge in [0.2, 0.25) is 0 Å². The molecule has 2 aromatic carbocycles. The Morgan fingerprint density at radius 1 is 1.00 bits per heavy atom. The maximum absolute atomic E-state index is 5.95. The van der Waals surface area contributed by atoms with Gasteiger partial charge in [0.15, 0.2) is 11.5 Å². The summed E-state index contributed by atoms with van der Waals surface area (Å²) >= 11 is 0. The summed E-state index contributed by atoms with van der Waals surface area (Å²) in [5, 5.41) is 2.38. The highest BCUT2D eigenvalue weighted by molar-refractivity contribution is 5.42. The third-order valence-electron chi connectivity index (χ3n) is 5.24. The van der Waals surface area contributed by atoms with Crippen LogP contribution in [0.3, 0.4) is 0 Å². The van der Waals surface area contributed by atoms with Gasteiger partial charge in [-0.2, -0.15) is 0 Å². The summed E-state index contributed by atoms with van der Waals surface area (Å²) in [6, 6.07) is 16.7. The predicted molar refractivity (Wildman–Crippen MR) is 110 cm³/mol. The summed E-state index contributed by atoms with van der Waals surface area (Å²) in [6.45, 7) is 8.16. The average molecular weight is 387 g/mol. The molecule has 152 valence electrons. The third-order valence-corrected chi connectivity index (χ3v) is 5.24. The molecule has 1 saturated heterocycles. The summed E-state index contributed by atoms with van der Waals surface area (Å²) in [7, 11) is 1.71. The van der Waals surface area contributed by atoms with Crippen LogP contribution in [0.4, 0.5) is 0 Å². The van der Waals surface area contributed by atoms with E-state index in [1.54, 1.807) is 12.0 Å². The molecule has 0 unspecified atom stereocenters. The summed E-state index contributed by atoms with van der Waals surface area (Å²) in [5.74, 6) is 1.63. The van der Waals surface area contributed by atoms with Crippen molar-refractivity contribution < 1.29 is 24.4 Å². The molecule has 1 fully saturated rings. The first-order valence-electron chi connectivity index (χ1n) is 10.4. The summed E-state index contributed by atoms with van der Waals surface area (Å²) in [4.78, 5) is 1.68. The zero-order valence-corrected chi connectivity index (χ0v) is 17.0. The number of hydrogen-bond donors (Lipinski definition) is 2. The van der Waals surface area contributed by atoms with Crippen LogP contribution in [-0.2, 0) is 17.7 Å². The highest BCUT2D eigenvalue weighted by atomic mass is 16.5. The fraction of sp³-hybridized carbons (Fsp3) is 0.478. The minimum absolute atomic E-state index is 0.649. The molecule has 0 bridgehead atoms. The van der Waals surface area contributed by atoms with E-state index in [4.69, 9.17) is 14.2 Å². The van der Waals surface area contributed by atoms with Crippen LogP contribution < -0.4 is 19.7 Å². The molecule has 1 heterocycles. The van der Waals surface area contributed by atoms with Crippen molar-refractivity contribution >= 4 is 0 Å². The molecule has 0 atom stereocenters. The van der Waals surface area contributed by atoms with Gasteiger partial charge in [0.05, 0.1) is 40.0 Å². The van der Waals surface area contributed by atoms with E-state index in [1.807, 2.05) is 12.1 Å². The second kappa shape index (κ2) is 11.7. The fourth-order valence-electron chi connectivity index (χ4n) is 3.56. The summed E-state index contributed by atoms with van der Waals surface area (Å²) in [5.41, 5.74) is 2.55. The van der Waals surface area contributed by atoms with Crippen molar-refractivity contribution in [1.82, 2.24) is 0 Å². The second-order valence-corrected chi connectivity index (χ2v) is 7.32. The van der Waals surface area contributed by atoms with Crippen molar-refractivity contribution in [1.29, 1.82) is 0 Å². The number of ether oxygens (including phenoxy) is 3. The standard InChI is InChI=1S/C23H32N2O3/c1-26-23-18-21(19-24-11-5-12-25-13-16-27-17-14-25)8-9-22(23)28-15-10-20-6-3-2-4-7-20/h2-4,6-9,18,24H,5,10-17,19H2,1H3/p+2. The normalized spacial score (nSPS) is 14.8. The van der Waals surface area contributed by atoms with Crippen LogP contribution in [0.25, 0.3) is 0 Å². The molecule has 0 aliphatic carbocycles. The molecule has 0 spiro atoms. The quantitative estimate of drug-likeness (QED) is 0.559. The largest absolute Gasteiger partial charge is 0.493 e. The molecule has 1 aliphatic heterocycles. The van der Waals surface area contributed by atoms with Crippen molar-refractivity contribution in [2.45, 2.75) is 19.4 Å². The summed E-state index contributed by atoms with van der Waals surface area (Å²) < 4.78 is 16.9. The Morgan fingerprint density at radius 3 is 2.61 bits per heavy atom. The van der Waals surface area contributed by atoms with Crippen LogP contribution in [0.2, 0.25) is 0 Å². The van der Waals surface area contributed by atoms with Gasteiger partial charge in [-0.3, -0.25) is 0 Å². The van der Waals surface area contributed by atoms with E-state index in [-0.39, 0.29) is 0 Å². The lowest BCUT2D eigenvalue weighted by Gasteiger charge is -2.23. The minimum Gasteiger partial charge on any atom is -0.493 e. The molecule has 5 heteroatoms. The Kier molecular flexibility index (Phi) is 8.62. The van der Waals surface area contributed by atoms with E-state index in [0.29, 0.717) is 6.61 Å². The first kappa shape index (κ1) is 20.6. The first-order valence-corrected chi connectivity index (χ1v) is 10.4. The number of hydrogen-bond acceptors (Lipinski definition) is 3. The van der Waals surface area contributed by atoms with Crippen molar-refractivity contribution in [3.63, 3.8) is 0 Å². The van der Waals surface area contributed by atoms with Crippen LogP contribution in [-0.4, -0.2) is 53.1 Å². The van der Waals surface area contributed by atoms with Gasteiger partial charge in [0, 0.05) is 18.4 Å². The van der Waals surface area contributed by atoms with Crippen LogP contribution >= 0.6 is 0 Å². The number of rotatable bonds is 11. The van der Waals surface area contributed by atoms with Crippen molar-refractivity contribution in [3.8, 4) is 11.5 Å². The zero-order chi connectivity index (χ0) is 19.4. The van der Waals surface area contributed by atoms with Crippen molar-refractivity contribution in [3.05, 3.63) is 59.7 Å². The lowest BCUT2D eigenvalue weighted by molar-refractivity contribution is -0.909. The van der Waals surface area contributed by atoms with E-state index in [2.05, 4.69) is 41.7 Å². The first-order chi connectivity index (χ1) is 13.8. The van der Waals surface area contributed by atoms with Crippen molar-refractivity contribution in [2.75, 3.05) is 53.1 Å². The molecule has 3 N–H and O–H groups in total. The molecular weight excluding hydrogens is 352 g/mol. The molecule has 0 aromatic heterocycles. The van der Waals surface area contributed by atoms with E-state index < -0.39 is 0 Å². The van der Waals surface area contributed by atoms with E-state index in [9.17, 15) is 0 Å². The smallest absolute Gasteiger partial charge is 0.161 e. The van der Waals surface area contributed by atoms with Gasteiger partial charge in [0.1, 0.15) is 19.6 Å². The van der Waals surface area contributed by atoms with Crippen molar-refractivity contribution in [2.24, 2.45) is 0 Å². The van der Waals surface area contributed by atoms with Gasteiger partial charge < -0.3 is 24.4 Å². The molecule has 2 aromatic rings. The highest BCUT2D eigenvalue weighted by Crippen LogP contribution is 2.28.